The Hall–Kier alpha value is -0.890. The highest BCUT2D eigenvalue weighted by atomic mass is 19.1. The number of halogens is 1. The molecule has 0 radical (unpaired) electrons. The lowest BCUT2D eigenvalue weighted by Crippen LogP contribution is -2.42. The SMILES string of the molecule is CNC(Cc1ccccc1F)C1(C)CCCC1. The fraction of sp³-hybridized carbons (Fsp3) is 0.600. The van der Waals surface area contributed by atoms with Gasteiger partial charge in [0.15, 0.2) is 0 Å². The lowest BCUT2D eigenvalue weighted by Gasteiger charge is -2.34. The summed E-state index contributed by atoms with van der Waals surface area (Å²) in [6.45, 7) is 2.34. The van der Waals surface area contributed by atoms with Gasteiger partial charge in [-0.1, -0.05) is 38.0 Å². The summed E-state index contributed by atoms with van der Waals surface area (Å²) in [4.78, 5) is 0. The van der Waals surface area contributed by atoms with Gasteiger partial charge in [-0.05, 0) is 43.4 Å². The van der Waals surface area contributed by atoms with Crippen molar-refractivity contribution in [2.45, 2.75) is 45.1 Å². The second-order valence-corrected chi connectivity index (χ2v) is 5.50. The van der Waals surface area contributed by atoms with E-state index in [4.69, 9.17) is 0 Å². The summed E-state index contributed by atoms with van der Waals surface area (Å²) in [7, 11) is 2.00. The molecular formula is C15H22FN. The van der Waals surface area contributed by atoms with Gasteiger partial charge in [-0.25, -0.2) is 4.39 Å². The average molecular weight is 235 g/mol. The van der Waals surface area contributed by atoms with Crippen molar-refractivity contribution in [1.29, 1.82) is 0 Å². The van der Waals surface area contributed by atoms with Gasteiger partial charge in [0.05, 0.1) is 0 Å². The van der Waals surface area contributed by atoms with E-state index in [2.05, 4.69) is 12.2 Å². The normalized spacial score (nSPS) is 20.4. The minimum absolute atomic E-state index is 0.0747. The van der Waals surface area contributed by atoms with Gasteiger partial charge in [0.1, 0.15) is 5.82 Å². The maximum Gasteiger partial charge on any atom is 0.126 e. The molecule has 1 saturated carbocycles. The summed E-state index contributed by atoms with van der Waals surface area (Å²) in [6, 6.07) is 7.51. The average Bonchev–Trinajstić information content (AvgIpc) is 2.76. The fourth-order valence-corrected chi connectivity index (χ4v) is 3.11. The van der Waals surface area contributed by atoms with Crippen LogP contribution in [0.2, 0.25) is 0 Å². The molecule has 1 aliphatic carbocycles. The van der Waals surface area contributed by atoms with E-state index in [1.54, 1.807) is 12.1 Å². The first kappa shape index (κ1) is 12.6. The fourth-order valence-electron chi connectivity index (χ4n) is 3.11. The number of rotatable bonds is 4. The molecule has 1 aliphatic rings. The molecule has 17 heavy (non-hydrogen) atoms. The highest BCUT2D eigenvalue weighted by molar-refractivity contribution is 5.19. The lowest BCUT2D eigenvalue weighted by molar-refractivity contribution is 0.228. The molecule has 1 fully saturated rings. The molecule has 94 valence electrons. The Morgan fingerprint density at radius 1 is 1.29 bits per heavy atom. The molecule has 2 heteroatoms. The van der Waals surface area contributed by atoms with E-state index in [9.17, 15) is 4.39 Å². The van der Waals surface area contributed by atoms with Crippen molar-refractivity contribution in [3.63, 3.8) is 0 Å². The number of hydrogen-bond acceptors (Lipinski definition) is 1. The van der Waals surface area contributed by atoms with Crippen molar-refractivity contribution in [1.82, 2.24) is 5.32 Å². The molecule has 1 unspecified atom stereocenters. The van der Waals surface area contributed by atoms with Crippen LogP contribution >= 0.6 is 0 Å². The van der Waals surface area contributed by atoms with Crippen LogP contribution in [0.4, 0.5) is 4.39 Å². The topological polar surface area (TPSA) is 12.0 Å². The van der Waals surface area contributed by atoms with Crippen LogP contribution in [0.25, 0.3) is 0 Å². The van der Waals surface area contributed by atoms with Gasteiger partial charge < -0.3 is 5.32 Å². The molecule has 0 aliphatic heterocycles. The summed E-state index contributed by atoms with van der Waals surface area (Å²) >= 11 is 0. The Morgan fingerprint density at radius 3 is 2.53 bits per heavy atom. The highest BCUT2D eigenvalue weighted by Crippen LogP contribution is 2.41. The lowest BCUT2D eigenvalue weighted by atomic mass is 9.78. The first-order valence-corrected chi connectivity index (χ1v) is 6.56. The second-order valence-electron chi connectivity index (χ2n) is 5.50. The molecule has 1 aromatic carbocycles. The van der Waals surface area contributed by atoms with Crippen molar-refractivity contribution in [3.05, 3.63) is 35.6 Å². The number of likely N-dealkylation sites (N-methyl/N-ethyl adjacent to an activating group) is 1. The van der Waals surface area contributed by atoms with E-state index < -0.39 is 0 Å². The Bertz CT molecular complexity index is 369. The zero-order valence-corrected chi connectivity index (χ0v) is 10.8. The van der Waals surface area contributed by atoms with Crippen LogP contribution in [0.5, 0.6) is 0 Å². The third kappa shape index (κ3) is 2.68. The molecule has 1 aromatic rings. The zero-order valence-electron chi connectivity index (χ0n) is 10.8. The molecule has 1 nitrogen and oxygen atoms in total. The summed E-state index contributed by atoms with van der Waals surface area (Å²) in [6.07, 6.45) is 5.93. The van der Waals surface area contributed by atoms with E-state index in [-0.39, 0.29) is 5.82 Å². The van der Waals surface area contributed by atoms with Crippen molar-refractivity contribution >= 4 is 0 Å². The minimum atomic E-state index is -0.0747. The third-order valence-corrected chi connectivity index (χ3v) is 4.32. The van der Waals surface area contributed by atoms with Crippen LogP contribution in [0.15, 0.2) is 24.3 Å². The first-order chi connectivity index (χ1) is 8.15. The Morgan fingerprint density at radius 2 is 1.94 bits per heavy atom. The van der Waals surface area contributed by atoms with Crippen LogP contribution < -0.4 is 5.32 Å². The van der Waals surface area contributed by atoms with Gasteiger partial charge in [0.2, 0.25) is 0 Å². The highest BCUT2D eigenvalue weighted by Gasteiger charge is 2.36. The van der Waals surface area contributed by atoms with Crippen molar-refractivity contribution < 1.29 is 4.39 Å². The van der Waals surface area contributed by atoms with Gasteiger partial charge in [-0.15, -0.1) is 0 Å². The Kier molecular flexibility index (Phi) is 3.82. The van der Waals surface area contributed by atoms with Crippen molar-refractivity contribution in [2.75, 3.05) is 7.05 Å². The largest absolute Gasteiger partial charge is 0.316 e. The standard InChI is InChI=1S/C15H22FN/c1-15(9-5-6-10-15)14(17-2)11-12-7-3-4-8-13(12)16/h3-4,7-8,14,17H,5-6,9-11H2,1-2H3. The Labute approximate surface area is 103 Å². The summed E-state index contributed by atoms with van der Waals surface area (Å²) in [5.74, 6) is -0.0747. The Balaban J connectivity index is 2.12. The monoisotopic (exact) mass is 235 g/mol. The summed E-state index contributed by atoms with van der Waals surface area (Å²) < 4.78 is 13.7. The van der Waals surface area contributed by atoms with Gasteiger partial charge in [0, 0.05) is 6.04 Å². The van der Waals surface area contributed by atoms with Crippen molar-refractivity contribution in [3.8, 4) is 0 Å². The van der Waals surface area contributed by atoms with Crippen LogP contribution in [-0.2, 0) is 6.42 Å². The molecular weight excluding hydrogens is 213 g/mol. The van der Waals surface area contributed by atoms with E-state index in [0.29, 0.717) is 11.5 Å². The number of hydrogen-bond donors (Lipinski definition) is 1. The predicted molar refractivity (Wildman–Crippen MR) is 69.5 cm³/mol. The van der Waals surface area contributed by atoms with Gasteiger partial charge in [0.25, 0.3) is 0 Å². The maximum absolute atomic E-state index is 13.7. The molecule has 1 N–H and O–H groups in total. The molecule has 1 atom stereocenters. The van der Waals surface area contributed by atoms with Crippen molar-refractivity contribution in [2.24, 2.45) is 5.41 Å². The minimum Gasteiger partial charge on any atom is -0.316 e. The van der Waals surface area contributed by atoms with Crippen LogP contribution in [0.1, 0.15) is 38.2 Å². The van der Waals surface area contributed by atoms with Gasteiger partial charge in [-0.2, -0.15) is 0 Å². The molecule has 0 bridgehead atoms. The molecule has 0 spiro atoms. The van der Waals surface area contributed by atoms with Crippen LogP contribution in [0, 0.1) is 11.2 Å². The molecule has 2 rings (SSSR count). The third-order valence-electron chi connectivity index (χ3n) is 4.32. The van der Waals surface area contributed by atoms with E-state index in [0.717, 1.165) is 12.0 Å². The smallest absolute Gasteiger partial charge is 0.126 e. The van der Waals surface area contributed by atoms with E-state index in [1.165, 1.54) is 25.7 Å². The van der Waals surface area contributed by atoms with Gasteiger partial charge in [-0.3, -0.25) is 0 Å². The van der Waals surface area contributed by atoms with Crippen LogP contribution in [0.3, 0.4) is 0 Å². The summed E-state index contributed by atoms with van der Waals surface area (Å²) in [5.41, 5.74) is 1.16. The molecule has 0 aromatic heterocycles. The van der Waals surface area contributed by atoms with Crippen LogP contribution in [-0.4, -0.2) is 13.1 Å². The summed E-state index contributed by atoms with van der Waals surface area (Å²) in [5, 5.41) is 3.39. The molecule has 0 saturated heterocycles. The van der Waals surface area contributed by atoms with Gasteiger partial charge >= 0.3 is 0 Å². The predicted octanol–water partition coefficient (Wildman–Crippen LogP) is 3.54. The second kappa shape index (κ2) is 5.18. The molecule has 0 heterocycles. The quantitative estimate of drug-likeness (QED) is 0.841. The zero-order chi connectivity index (χ0) is 12.3. The molecule has 0 amide bonds. The van der Waals surface area contributed by atoms with E-state index >= 15 is 0 Å². The first-order valence-electron chi connectivity index (χ1n) is 6.56. The number of benzene rings is 1. The van der Waals surface area contributed by atoms with E-state index in [1.807, 2.05) is 19.2 Å². The maximum atomic E-state index is 13.7. The number of nitrogens with one attached hydrogen (secondary N) is 1.